The molecule has 0 amide bonds. The normalized spacial score (nSPS) is 12.8. The molecule has 0 atom stereocenters. The van der Waals surface area contributed by atoms with E-state index in [9.17, 15) is 0 Å². The van der Waals surface area contributed by atoms with Crippen LogP contribution >= 0.6 is 0 Å². The molecule has 0 unspecified atom stereocenters. The number of pyridine rings is 1. The highest BCUT2D eigenvalue weighted by molar-refractivity contribution is 5.68. The molecule has 3 aromatic heterocycles. The average Bonchev–Trinajstić information content (AvgIpc) is 3.34. The molecule has 5 rings (SSSR count). The number of nitrogens with two attached hydrogens (primary N) is 1. The predicted molar refractivity (Wildman–Crippen MR) is 111 cm³/mol. The fourth-order valence-corrected chi connectivity index (χ4v) is 3.89. The summed E-state index contributed by atoms with van der Waals surface area (Å²) in [7, 11) is 0. The van der Waals surface area contributed by atoms with Crippen LogP contribution in [0.1, 0.15) is 23.6 Å². The summed E-state index contributed by atoms with van der Waals surface area (Å²) in [4.78, 5) is 9.03. The molecule has 4 heterocycles. The minimum absolute atomic E-state index is 0.380. The third kappa shape index (κ3) is 2.95. The molecule has 1 aromatic carbocycles. The van der Waals surface area contributed by atoms with Gasteiger partial charge in [-0.15, -0.1) is 0 Å². The first kappa shape index (κ1) is 17.5. The highest BCUT2D eigenvalue weighted by Crippen LogP contribution is 2.33. The number of fused-ring (bicyclic) bond motifs is 7. The lowest BCUT2D eigenvalue weighted by Crippen LogP contribution is -2.09. The van der Waals surface area contributed by atoms with Gasteiger partial charge in [-0.3, -0.25) is 4.68 Å². The quantitative estimate of drug-likeness (QED) is 0.540. The summed E-state index contributed by atoms with van der Waals surface area (Å²) in [6.45, 7) is 5.96. The third-order valence-corrected chi connectivity index (χ3v) is 5.31. The molecule has 2 bridgehead atoms. The van der Waals surface area contributed by atoms with Crippen molar-refractivity contribution in [2.75, 3.05) is 5.73 Å². The Kier molecular flexibility index (Phi) is 4.08. The van der Waals surface area contributed by atoms with Gasteiger partial charge in [0.05, 0.1) is 18.4 Å². The molecule has 7 heteroatoms. The molecule has 1 aliphatic heterocycles. The van der Waals surface area contributed by atoms with E-state index in [1.54, 1.807) is 6.20 Å². The predicted octanol–water partition coefficient (Wildman–Crippen LogP) is 3.66. The number of anilines is 1. The zero-order chi connectivity index (χ0) is 20.0. The topological polar surface area (TPSA) is 83.8 Å². The number of aryl methyl sites for hydroxylation is 2. The fraction of sp³-hybridized carbons (Fsp3) is 0.227. The van der Waals surface area contributed by atoms with Crippen LogP contribution in [0.4, 0.5) is 5.82 Å². The number of rotatable bonds is 1. The van der Waals surface area contributed by atoms with Crippen LogP contribution in [0.25, 0.3) is 22.6 Å². The monoisotopic (exact) mass is 386 g/mol. The Bertz CT molecular complexity index is 1210. The number of imidazole rings is 1. The lowest BCUT2D eigenvalue weighted by molar-refractivity contribution is 0.307. The van der Waals surface area contributed by atoms with Gasteiger partial charge in [0.2, 0.25) is 0 Å². The zero-order valence-corrected chi connectivity index (χ0v) is 16.5. The number of nitrogen functional groups attached to an aromatic ring is 1. The van der Waals surface area contributed by atoms with Gasteiger partial charge in [-0.25, -0.2) is 9.97 Å². The van der Waals surface area contributed by atoms with Crippen LogP contribution in [0.3, 0.4) is 0 Å². The smallest absolute Gasteiger partial charge is 0.166 e. The van der Waals surface area contributed by atoms with E-state index >= 15 is 0 Å². The van der Waals surface area contributed by atoms with Crippen molar-refractivity contribution in [3.63, 3.8) is 0 Å². The van der Waals surface area contributed by atoms with Gasteiger partial charge in [-0.1, -0.05) is 23.8 Å². The van der Waals surface area contributed by atoms with Gasteiger partial charge >= 0.3 is 0 Å². The summed E-state index contributed by atoms with van der Waals surface area (Å²) in [6.07, 6.45) is 7.54. The van der Waals surface area contributed by atoms with Crippen molar-refractivity contribution in [3.05, 3.63) is 65.7 Å². The molecule has 1 aliphatic rings. The standard InChI is InChI=1S/C22H22N6O/c1-3-28-20-15-9-19(21(23)25-10-15)29-13-16-8-14(2)4-5-18(16)22-24-6-7-27(22)12-17(20)11-26-28/h4-11H,3,12-13H2,1-2H3,(H2,23,25). The molecule has 4 aromatic rings. The summed E-state index contributed by atoms with van der Waals surface area (Å²) in [5.41, 5.74) is 12.5. The van der Waals surface area contributed by atoms with Gasteiger partial charge < -0.3 is 15.0 Å². The summed E-state index contributed by atoms with van der Waals surface area (Å²) < 4.78 is 10.3. The van der Waals surface area contributed by atoms with Gasteiger partial charge in [0.15, 0.2) is 11.6 Å². The maximum atomic E-state index is 6.13. The maximum Gasteiger partial charge on any atom is 0.166 e. The minimum atomic E-state index is 0.380. The molecule has 0 saturated carbocycles. The van der Waals surface area contributed by atoms with Crippen molar-refractivity contribution >= 4 is 5.82 Å². The number of ether oxygens (including phenoxy) is 1. The Labute approximate surface area is 168 Å². The second-order valence-electron chi connectivity index (χ2n) is 7.27. The maximum absolute atomic E-state index is 6.13. The zero-order valence-electron chi connectivity index (χ0n) is 16.5. The molecule has 0 spiro atoms. The van der Waals surface area contributed by atoms with E-state index < -0.39 is 0 Å². The first-order chi connectivity index (χ1) is 14.1. The number of hydrogen-bond donors (Lipinski definition) is 1. The van der Waals surface area contributed by atoms with Crippen molar-refractivity contribution in [2.24, 2.45) is 0 Å². The van der Waals surface area contributed by atoms with E-state index in [-0.39, 0.29) is 0 Å². The van der Waals surface area contributed by atoms with Gasteiger partial charge in [-0.05, 0) is 19.9 Å². The number of aromatic nitrogens is 5. The molecule has 0 aliphatic carbocycles. The summed E-state index contributed by atoms with van der Waals surface area (Å²) in [6, 6.07) is 8.29. The van der Waals surface area contributed by atoms with Gasteiger partial charge in [0, 0.05) is 47.4 Å². The van der Waals surface area contributed by atoms with Crippen LogP contribution in [-0.2, 0) is 19.7 Å². The number of nitrogens with zero attached hydrogens (tertiary/aromatic N) is 5. The molecule has 146 valence electrons. The van der Waals surface area contributed by atoms with Gasteiger partial charge in [0.1, 0.15) is 12.4 Å². The first-order valence-corrected chi connectivity index (χ1v) is 9.68. The Morgan fingerprint density at radius 2 is 2.03 bits per heavy atom. The van der Waals surface area contributed by atoms with E-state index in [1.807, 2.05) is 29.3 Å². The minimum Gasteiger partial charge on any atom is -0.485 e. The Balaban J connectivity index is 1.76. The molecule has 7 nitrogen and oxygen atoms in total. The van der Waals surface area contributed by atoms with E-state index in [1.165, 1.54) is 5.56 Å². The second-order valence-corrected chi connectivity index (χ2v) is 7.27. The van der Waals surface area contributed by atoms with Crippen molar-refractivity contribution in [2.45, 2.75) is 33.5 Å². The van der Waals surface area contributed by atoms with Crippen LogP contribution in [-0.4, -0.2) is 24.3 Å². The number of hydrogen-bond acceptors (Lipinski definition) is 5. The van der Waals surface area contributed by atoms with Crippen LogP contribution in [0.5, 0.6) is 5.75 Å². The van der Waals surface area contributed by atoms with Crippen LogP contribution in [0.15, 0.2) is 49.1 Å². The molecule has 0 radical (unpaired) electrons. The van der Waals surface area contributed by atoms with Crippen molar-refractivity contribution < 1.29 is 4.74 Å². The summed E-state index contributed by atoms with van der Waals surface area (Å²) in [5.74, 6) is 1.87. The molecular formula is C22H22N6O. The number of benzene rings is 1. The van der Waals surface area contributed by atoms with E-state index in [0.29, 0.717) is 24.7 Å². The largest absolute Gasteiger partial charge is 0.485 e. The van der Waals surface area contributed by atoms with E-state index in [0.717, 1.165) is 40.3 Å². The van der Waals surface area contributed by atoms with E-state index in [2.05, 4.69) is 51.7 Å². The summed E-state index contributed by atoms with van der Waals surface area (Å²) >= 11 is 0. The molecule has 29 heavy (non-hydrogen) atoms. The lowest BCUT2D eigenvalue weighted by atomic mass is 10.0. The molecule has 0 saturated heterocycles. The Morgan fingerprint density at radius 1 is 1.14 bits per heavy atom. The SMILES string of the molecule is CCn1ncc2c1-c1cnc(N)c(c1)OCc1cc(C)ccc1-c1nccn1C2. The fourth-order valence-electron chi connectivity index (χ4n) is 3.89. The van der Waals surface area contributed by atoms with Gasteiger partial charge in [-0.2, -0.15) is 5.10 Å². The highest BCUT2D eigenvalue weighted by atomic mass is 16.5. The van der Waals surface area contributed by atoms with E-state index in [4.69, 9.17) is 10.5 Å². The van der Waals surface area contributed by atoms with Crippen molar-refractivity contribution in [3.8, 4) is 28.4 Å². The molecule has 0 fully saturated rings. The second kappa shape index (κ2) is 6.77. The molecular weight excluding hydrogens is 364 g/mol. The van der Waals surface area contributed by atoms with Gasteiger partial charge in [0.25, 0.3) is 0 Å². The Hall–Kier alpha value is -3.61. The van der Waals surface area contributed by atoms with Crippen LogP contribution in [0.2, 0.25) is 0 Å². The summed E-state index contributed by atoms with van der Waals surface area (Å²) in [5, 5.41) is 4.58. The first-order valence-electron chi connectivity index (χ1n) is 9.68. The van der Waals surface area contributed by atoms with Crippen LogP contribution in [0, 0.1) is 6.92 Å². The highest BCUT2D eigenvalue weighted by Gasteiger charge is 2.19. The van der Waals surface area contributed by atoms with Crippen molar-refractivity contribution in [1.82, 2.24) is 24.3 Å². The molecule has 2 N–H and O–H groups in total. The average molecular weight is 386 g/mol. The third-order valence-electron chi connectivity index (χ3n) is 5.31. The van der Waals surface area contributed by atoms with Crippen LogP contribution < -0.4 is 10.5 Å². The van der Waals surface area contributed by atoms with Crippen molar-refractivity contribution in [1.29, 1.82) is 0 Å². The Morgan fingerprint density at radius 3 is 2.90 bits per heavy atom. The lowest BCUT2D eigenvalue weighted by Gasteiger charge is -2.17.